The van der Waals surface area contributed by atoms with E-state index in [1.807, 2.05) is 0 Å². The van der Waals surface area contributed by atoms with Gasteiger partial charge in [0.1, 0.15) is 5.82 Å². The monoisotopic (exact) mass is 308 g/mol. The molecule has 0 bridgehead atoms. The number of rotatable bonds is 2. The predicted octanol–water partition coefficient (Wildman–Crippen LogP) is 3.47. The largest absolute Gasteiger partial charge is 0.293 e. The highest BCUT2D eigenvalue weighted by Crippen LogP contribution is 2.21. The lowest BCUT2D eigenvalue weighted by atomic mass is 10.1. The minimum Gasteiger partial charge on any atom is -0.293 e. The first-order valence-corrected chi connectivity index (χ1v) is 5.52. The summed E-state index contributed by atoms with van der Waals surface area (Å²) < 4.78 is 13.8. The molecule has 1 nitrogen and oxygen atoms in total. The summed E-state index contributed by atoms with van der Waals surface area (Å²) in [5.41, 5.74) is 0.901. The molecular formula is C9H7Br2FO. The molecule has 0 radical (unpaired) electrons. The summed E-state index contributed by atoms with van der Waals surface area (Å²) in [6.07, 6.45) is 0. The molecule has 0 spiro atoms. The molecule has 0 unspecified atom stereocenters. The third-order valence-electron chi connectivity index (χ3n) is 1.72. The van der Waals surface area contributed by atoms with Crippen LogP contribution in [0.4, 0.5) is 4.39 Å². The Morgan fingerprint density at radius 2 is 2.15 bits per heavy atom. The first-order valence-electron chi connectivity index (χ1n) is 3.61. The molecule has 0 N–H and O–H groups in total. The van der Waals surface area contributed by atoms with Crippen molar-refractivity contribution in [2.45, 2.75) is 6.92 Å². The molecule has 0 aliphatic heterocycles. The molecule has 0 amide bonds. The summed E-state index contributed by atoms with van der Waals surface area (Å²) >= 11 is 6.22. The number of carbonyl (C=O) groups excluding carboxylic acids is 1. The molecule has 0 aliphatic rings. The fraction of sp³-hybridized carbons (Fsp3) is 0.222. The molecule has 13 heavy (non-hydrogen) atoms. The molecule has 0 saturated carbocycles. The van der Waals surface area contributed by atoms with Crippen molar-refractivity contribution in [3.05, 3.63) is 33.5 Å². The zero-order valence-electron chi connectivity index (χ0n) is 6.90. The maximum absolute atomic E-state index is 13.1. The van der Waals surface area contributed by atoms with Gasteiger partial charge in [0.25, 0.3) is 0 Å². The highest BCUT2D eigenvalue weighted by atomic mass is 79.9. The molecule has 4 heteroatoms. The molecule has 1 rings (SSSR count). The average Bonchev–Trinajstić information content (AvgIpc) is 2.12. The normalized spacial score (nSPS) is 10.2. The second kappa shape index (κ2) is 4.33. The molecule has 0 aliphatic carbocycles. The molecule has 0 fully saturated rings. The molecule has 0 atom stereocenters. The number of ketones is 1. The molecule has 0 aromatic heterocycles. The molecular weight excluding hydrogens is 303 g/mol. The summed E-state index contributed by atoms with van der Waals surface area (Å²) in [6.45, 7) is 1.65. The number of hydrogen-bond acceptors (Lipinski definition) is 1. The second-order valence-corrected chi connectivity index (χ2v) is 4.04. The Morgan fingerprint density at radius 1 is 1.54 bits per heavy atom. The Hall–Kier alpha value is -0.220. The van der Waals surface area contributed by atoms with Crippen molar-refractivity contribution < 1.29 is 9.18 Å². The van der Waals surface area contributed by atoms with Crippen molar-refractivity contribution in [3.63, 3.8) is 0 Å². The Bertz CT molecular complexity index is 326. The smallest absolute Gasteiger partial charge is 0.173 e. The van der Waals surface area contributed by atoms with Crippen LogP contribution in [0.1, 0.15) is 15.9 Å². The van der Waals surface area contributed by atoms with E-state index in [2.05, 4.69) is 31.9 Å². The number of Topliss-reactive ketones (excluding diaryl/α,β-unsaturated/α-hetero) is 1. The minimum atomic E-state index is -0.362. The first kappa shape index (κ1) is 10.9. The first-order chi connectivity index (χ1) is 6.06. The molecule has 1 aromatic carbocycles. The standard InChI is InChI=1S/C9H7Br2FO/c1-5-7(11)2-6(3-8(5)12)9(13)4-10/h2-3H,4H2,1H3. The number of carbonyl (C=O) groups is 1. The Balaban J connectivity index is 3.20. The molecule has 1 aromatic rings. The zero-order valence-corrected chi connectivity index (χ0v) is 10.1. The van der Waals surface area contributed by atoms with Crippen molar-refractivity contribution in [2.24, 2.45) is 0 Å². The van der Waals surface area contributed by atoms with E-state index in [0.29, 0.717) is 15.6 Å². The zero-order chi connectivity index (χ0) is 10.0. The summed E-state index contributed by atoms with van der Waals surface area (Å²) in [7, 11) is 0. The summed E-state index contributed by atoms with van der Waals surface area (Å²) in [6, 6.07) is 2.88. The fourth-order valence-corrected chi connectivity index (χ4v) is 1.64. The van der Waals surface area contributed by atoms with Gasteiger partial charge in [0.15, 0.2) is 5.78 Å². The maximum Gasteiger partial charge on any atom is 0.173 e. The van der Waals surface area contributed by atoms with E-state index in [1.165, 1.54) is 6.07 Å². The van der Waals surface area contributed by atoms with Crippen LogP contribution in [0, 0.1) is 12.7 Å². The van der Waals surface area contributed by atoms with Crippen LogP contribution >= 0.6 is 31.9 Å². The fourth-order valence-electron chi connectivity index (χ4n) is 0.883. The van der Waals surface area contributed by atoms with E-state index < -0.39 is 0 Å². The molecule has 0 heterocycles. The van der Waals surface area contributed by atoms with Crippen molar-refractivity contribution >= 4 is 37.6 Å². The van der Waals surface area contributed by atoms with Crippen molar-refractivity contribution in [2.75, 3.05) is 5.33 Å². The third-order valence-corrected chi connectivity index (χ3v) is 3.06. The topological polar surface area (TPSA) is 17.1 Å². The lowest BCUT2D eigenvalue weighted by Gasteiger charge is -2.03. The van der Waals surface area contributed by atoms with Gasteiger partial charge in [-0.2, -0.15) is 0 Å². The van der Waals surface area contributed by atoms with Crippen LogP contribution in [0.5, 0.6) is 0 Å². The molecule has 70 valence electrons. The van der Waals surface area contributed by atoms with Gasteiger partial charge in [-0.1, -0.05) is 31.9 Å². The number of benzene rings is 1. The Kier molecular flexibility index (Phi) is 3.62. The third kappa shape index (κ3) is 2.38. The van der Waals surface area contributed by atoms with Crippen LogP contribution in [-0.2, 0) is 0 Å². The van der Waals surface area contributed by atoms with Gasteiger partial charge in [0, 0.05) is 10.0 Å². The van der Waals surface area contributed by atoms with Crippen molar-refractivity contribution in [1.82, 2.24) is 0 Å². The average molecular weight is 310 g/mol. The van der Waals surface area contributed by atoms with Crippen LogP contribution in [-0.4, -0.2) is 11.1 Å². The number of hydrogen-bond donors (Lipinski definition) is 0. The van der Waals surface area contributed by atoms with Crippen LogP contribution in [0.2, 0.25) is 0 Å². The number of halogens is 3. The van der Waals surface area contributed by atoms with E-state index in [-0.39, 0.29) is 16.9 Å². The van der Waals surface area contributed by atoms with Gasteiger partial charge in [-0.3, -0.25) is 4.79 Å². The van der Waals surface area contributed by atoms with Gasteiger partial charge in [-0.25, -0.2) is 4.39 Å². The van der Waals surface area contributed by atoms with E-state index >= 15 is 0 Å². The van der Waals surface area contributed by atoms with E-state index in [9.17, 15) is 9.18 Å². The molecule has 0 saturated heterocycles. The van der Waals surface area contributed by atoms with Gasteiger partial charge in [-0.05, 0) is 24.6 Å². The van der Waals surface area contributed by atoms with E-state index in [0.717, 1.165) is 0 Å². The lowest BCUT2D eigenvalue weighted by Crippen LogP contribution is -2.01. The van der Waals surface area contributed by atoms with Crippen molar-refractivity contribution in [1.29, 1.82) is 0 Å². The van der Waals surface area contributed by atoms with E-state index in [4.69, 9.17) is 0 Å². The van der Waals surface area contributed by atoms with E-state index in [1.54, 1.807) is 13.0 Å². The second-order valence-electron chi connectivity index (χ2n) is 2.62. The van der Waals surface area contributed by atoms with Gasteiger partial charge in [0.2, 0.25) is 0 Å². The lowest BCUT2D eigenvalue weighted by molar-refractivity contribution is 0.102. The van der Waals surface area contributed by atoms with Crippen LogP contribution in [0.25, 0.3) is 0 Å². The maximum atomic E-state index is 13.1. The summed E-state index contributed by atoms with van der Waals surface area (Å²) in [5.74, 6) is -0.488. The predicted molar refractivity (Wildman–Crippen MR) is 57.0 cm³/mol. The summed E-state index contributed by atoms with van der Waals surface area (Å²) in [5, 5.41) is 0.210. The van der Waals surface area contributed by atoms with Gasteiger partial charge >= 0.3 is 0 Å². The highest BCUT2D eigenvalue weighted by molar-refractivity contribution is 9.10. The SMILES string of the molecule is Cc1c(F)cc(C(=O)CBr)cc1Br. The quantitative estimate of drug-likeness (QED) is 0.604. The Morgan fingerprint density at radius 3 is 2.62 bits per heavy atom. The van der Waals surface area contributed by atoms with Gasteiger partial charge < -0.3 is 0 Å². The number of alkyl halides is 1. The Labute approximate surface area is 92.6 Å². The highest BCUT2D eigenvalue weighted by Gasteiger charge is 2.09. The van der Waals surface area contributed by atoms with Crippen LogP contribution < -0.4 is 0 Å². The van der Waals surface area contributed by atoms with Gasteiger partial charge in [-0.15, -0.1) is 0 Å². The van der Waals surface area contributed by atoms with Gasteiger partial charge in [0.05, 0.1) is 5.33 Å². The van der Waals surface area contributed by atoms with Crippen molar-refractivity contribution in [3.8, 4) is 0 Å². The minimum absolute atomic E-state index is 0.125. The summed E-state index contributed by atoms with van der Waals surface area (Å²) in [4.78, 5) is 11.2. The van der Waals surface area contributed by atoms with Crippen LogP contribution in [0.3, 0.4) is 0 Å². The van der Waals surface area contributed by atoms with Crippen LogP contribution in [0.15, 0.2) is 16.6 Å².